The molecular weight excluding hydrogens is 268 g/mol. The molecular formula is C13H19ClN2O3. The number of aliphatic hydroxyl groups excluding tert-OH is 1. The molecule has 19 heavy (non-hydrogen) atoms. The minimum atomic E-state index is -0.743. The Hall–Kier alpha value is -1.33. The summed E-state index contributed by atoms with van der Waals surface area (Å²) in [6.45, 7) is 5.68. The molecule has 0 aliphatic rings. The average Bonchev–Trinajstić information content (AvgIpc) is 2.27. The van der Waals surface area contributed by atoms with Gasteiger partial charge in [-0.1, -0.05) is 11.6 Å². The Bertz CT molecular complexity index is 415. The van der Waals surface area contributed by atoms with Gasteiger partial charge in [0, 0.05) is 12.7 Å². The summed E-state index contributed by atoms with van der Waals surface area (Å²) in [5, 5.41) is 13.0. The van der Waals surface area contributed by atoms with E-state index < -0.39 is 17.8 Å². The quantitative estimate of drug-likeness (QED) is 0.893. The summed E-state index contributed by atoms with van der Waals surface area (Å²) in [5.74, 6) is 0. The maximum atomic E-state index is 11.4. The lowest BCUT2D eigenvalue weighted by molar-refractivity contribution is 0.0518. The number of ether oxygens (including phenoxy) is 1. The number of nitrogens with zero attached hydrogens (tertiary/aromatic N) is 1. The molecule has 1 rings (SSSR count). The number of hydrogen-bond acceptors (Lipinski definition) is 4. The maximum absolute atomic E-state index is 11.4. The van der Waals surface area contributed by atoms with Gasteiger partial charge in [-0.25, -0.2) is 4.79 Å². The van der Waals surface area contributed by atoms with Gasteiger partial charge >= 0.3 is 6.09 Å². The molecule has 0 aliphatic heterocycles. The number of nitrogens with one attached hydrogen (secondary N) is 1. The second kappa shape index (κ2) is 6.73. The van der Waals surface area contributed by atoms with Gasteiger partial charge in [0.1, 0.15) is 5.60 Å². The lowest BCUT2D eigenvalue weighted by atomic mass is 10.1. The summed E-state index contributed by atoms with van der Waals surface area (Å²) < 4.78 is 5.08. The van der Waals surface area contributed by atoms with E-state index in [0.29, 0.717) is 23.7 Å². The second-order valence-corrected chi connectivity index (χ2v) is 5.57. The first-order valence-electron chi connectivity index (χ1n) is 6.04. The Labute approximate surface area is 117 Å². The van der Waals surface area contributed by atoms with Gasteiger partial charge in [0.25, 0.3) is 0 Å². The van der Waals surface area contributed by atoms with Crippen molar-refractivity contribution >= 4 is 17.7 Å². The molecule has 1 aromatic rings. The van der Waals surface area contributed by atoms with Crippen LogP contribution >= 0.6 is 11.6 Å². The minimum Gasteiger partial charge on any atom is -0.444 e. The van der Waals surface area contributed by atoms with E-state index in [2.05, 4.69) is 10.3 Å². The molecule has 1 atom stereocenters. The van der Waals surface area contributed by atoms with Crippen LogP contribution in [0.3, 0.4) is 0 Å². The number of carbonyl (C=O) groups is 1. The predicted octanol–water partition coefficient (Wildman–Crippen LogP) is 2.68. The summed E-state index contributed by atoms with van der Waals surface area (Å²) in [4.78, 5) is 15.4. The standard InChI is InChI=1S/C13H19ClN2O3/c1-13(2,3)19-12(18)15-7-6-11(17)10-5-4-9(14)8-16-10/h4-5,8,11,17H,6-7H2,1-3H3,(H,15,18). The van der Waals surface area contributed by atoms with Crippen LogP contribution in [0.5, 0.6) is 0 Å². The van der Waals surface area contributed by atoms with Crippen molar-refractivity contribution < 1.29 is 14.6 Å². The van der Waals surface area contributed by atoms with Gasteiger partial charge in [0.05, 0.1) is 16.8 Å². The smallest absolute Gasteiger partial charge is 0.407 e. The monoisotopic (exact) mass is 286 g/mol. The second-order valence-electron chi connectivity index (χ2n) is 5.13. The van der Waals surface area contributed by atoms with Crippen molar-refractivity contribution in [3.05, 3.63) is 29.0 Å². The highest BCUT2D eigenvalue weighted by Gasteiger charge is 2.16. The molecule has 0 bridgehead atoms. The zero-order chi connectivity index (χ0) is 14.5. The Balaban J connectivity index is 2.33. The minimum absolute atomic E-state index is 0.306. The van der Waals surface area contributed by atoms with Crippen molar-refractivity contribution in [2.45, 2.75) is 38.9 Å². The topological polar surface area (TPSA) is 71.5 Å². The first kappa shape index (κ1) is 15.7. The van der Waals surface area contributed by atoms with E-state index in [4.69, 9.17) is 16.3 Å². The van der Waals surface area contributed by atoms with Crippen LogP contribution in [0, 0.1) is 0 Å². The summed E-state index contributed by atoms with van der Waals surface area (Å²) in [7, 11) is 0. The van der Waals surface area contributed by atoms with Crippen LogP contribution < -0.4 is 5.32 Å². The van der Waals surface area contributed by atoms with Crippen LogP contribution in [-0.2, 0) is 4.74 Å². The molecule has 0 aromatic carbocycles. The number of aliphatic hydroxyl groups is 1. The van der Waals surface area contributed by atoms with E-state index in [1.807, 2.05) is 0 Å². The van der Waals surface area contributed by atoms with Crippen molar-refractivity contribution in [3.63, 3.8) is 0 Å². The van der Waals surface area contributed by atoms with Crippen LogP contribution in [0.4, 0.5) is 4.79 Å². The molecule has 1 amide bonds. The highest BCUT2D eigenvalue weighted by molar-refractivity contribution is 6.30. The van der Waals surface area contributed by atoms with E-state index in [1.165, 1.54) is 6.20 Å². The Morgan fingerprint density at radius 1 is 1.53 bits per heavy atom. The molecule has 1 aromatic heterocycles. The fourth-order valence-electron chi connectivity index (χ4n) is 1.36. The fraction of sp³-hybridized carbons (Fsp3) is 0.538. The number of aromatic nitrogens is 1. The van der Waals surface area contributed by atoms with Crippen molar-refractivity contribution in [1.82, 2.24) is 10.3 Å². The number of rotatable bonds is 4. The molecule has 1 heterocycles. The largest absolute Gasteiger partial charge is 0.444 e. The van der Waals surface area contributed by atoms with Crippen LogP contribution in [0.25, 0.3) is 0 Å². The Morgan fingerprint density at radius 2 is 2.21 bits per heavy atom. The lowest BCUT2D eigenvalue weighted by Gasteiger charge is -2.20. The fourth-order valence-corrected chi connectivity index (χ4v) is 1.47. The molecule has 0 radical (unpaired) electrons. The van der Waals surface area contributed by atoms with Crippen LogP contribution in [0.1, 0.15) is 39.0 Å². The van der Waals surface area contributed by atoms with Gasteiger partial charge in [-0.3, -0.25) is 4.98 Å². The normalized spacial score (nSPS) is 12.9. The average molecular weight is 287 g/mol. The Morgan fingerprint density at radius 3 is 2.74 bits per heavy atom. The van der Waals surface area contributed by atoms with E-state index in [-0.39, 0.29) is 0 Å². The molecule has 0 saturated carbocycles. The Kier molecular flexibility index (Phi) is 5.57. The van der Waals surface area contributed by atoms with Gasteiger partial charge in [0.2, 0.25) is 0 Å². The maximum Gasteiger partial charge on any atom is 0.407 e. The molecule has 5 nitrogen and oxygen atoms in total. The number of halogens is 1. The molecule has 106 valence electrons. The summed E-state index contributed by atoms with van der Waals surface area (Å²) in [6, 6.07) is 3.31. The molecule has 0 aliphatic carbocycles. The molecule has 0 fully saturated rings. The summed E-state index contributed by atoms with van der Waals surface area (Å²) in [6.07, 6.45) is 0.589. The van der Waals surface area contributed by atoms with E-state index in [0.717, 1.165) is 0 Å². The third kappa shape index (κ3) is 6.40. The third-order valence-electron chi connectivity index (χ3n) is 2.18. The van der Waals surface area contributed by atoms with Crippen LogP contribution in [0.2, 0.25) is 5.02 Å². The highest BCUT2D eigenvalue weighted by atomic mass is 35.5. The number of amides is 1. The van der Waals surface area contributed by atoms with E-state index in [1.54, 1.807) is 32.9 Å². The first-order chi connectivity index (χ1) is 8.78. The molecule has 1 unspecified atom stereocenters. The lowest BCUT2D eigenvalue weighted by Crippen LogP contribution is -2.33. The zero-order valence-corrected chi connectivity index (χ0v) is 12.1. The molecule has 2 N–H and O–H groups in total. The van der Waals surface area contributed by atoms with Gasteiger partial charge in [-0.2, -0.15) is 0 Å². The van der Waals surface area contributed by atoms with Crippen molar-refractivity contribution in [2.75, 3.05) is 6.54 Å². The summed E-state index contributed by atoms with van der Waals surface area (Å²) in [5.41, 5.74) is -0.00384. The summed E-state index contributed by atoms with van der Waals surface area (Å²) >= 11 is 5.71. The van der Waals surface area contributed by atoms with Gasteiger partial charge in [-0.15, -0.1) is 0 Å². The molecule has 0 saturated heterocycles. The number of hydrogen-bond donors (Lipinski definition) is 2. The van der Waals surface area contributed by atoms with Crippen molar-refractivity contribution in [3.8, 4) is 0 Å². The highest BCUT2D eigenvalue weighted by Crippen LogP contribution is 2.15. The number of alkyl carbamates (subject to hydrolysis) is 1. The van der Waals surface area contributed by atoms with Gasteiger partial charge < -0.3 is 15.2 Å². The predicted molar refractivity (Wildman–Crippen MR) is 73.1 cm³/mol. The number of carbonyl (C=O) groups excluding carboxylic acids is 1. The van der Waals surface area contributed by atoms with E-state index >= 15 is 0 Å². The third-order valence-corrected chi connectivity index (χ3v) is 2.40. The first-order valence-corrected chi connectivity index (χ1v) is 6.42. The molecule has 6 heteroatoms. The van der Waals surface area contributed by atoms with Gasteiger partial charge in [-0.05, 0) is 39.3 Å². The SMILES string of the molecule is CC(C)(C)OC(=O)NCCC(O)c1ccc(Cl)cn1. The van der Waals surface area contributed by atoms with Crippen LogP contribution in [-0.4, -0.2) is 28.3 Å². The van der Waals surface area contributed by atoms with Crippen molar-refractivity contribution in [1.29, 1.82) is 0 Å². The number of pyridine rings is 1. The van der Waals surface area contributed by atoms with Crippen molar-refractivity contribution in [2.24, 2.45) is 0 Å². The van der Waals surface area contributed by atoms with E-state index in [9.17, 15) is 9.90 Å². The molecule has 0 spiro atoms. The zero-order valence-electron chi connectivity index (χ0n) is 11.3. The van der Waals surface area contributed by atoms with Gasteiger partial charge in [0.15, 0.2) is 0 Å². The van der Waals surface area contributed by atoms with Crippen LogP contribution in [0.15, 0.2) is 18.3 Å².